The molecule has 0 radical (unpaired) electrons. The van der Waals surface area contributed by atoms with E-state index in [0.29, 0.717) is 23.6 Å². The van der Waals surface area contributed by atoms with Gasteiger partial charge in [-0.3, -0.25) is 14.5 Å². The Balaban J connectivity index is 1.51. The fourth-order valence-corrected chi connectivity index (χ4v) is 5.69. The van der Waals surface area contributed by atoms with Crippen molar-refractivity contribution in [3.05, 3.63) is 71.0 Å². The van der Waals surface area contributed by atoms with Crippen LogP contribution >= 0.6 is 0 Å². The van der Waals surface area contributed by atoms with Crippen LogP contribution in [0.25, 0.3) is 0 Å². The highest BCUT2D eigenvalue weighted by Crippen LogP contribution is 2.47. The number of rotatable bonds is 3. The van der Waals surface area contributed by atoms with Crippen molar-refractivity contribution in [2.45, 2.75) is 37.8 Å². The molecule has 0 spiro atoms. The van der Waals surface area contributed by atoms with Gasteiger partial charge in [-0.05, 0) is 68.6 Å². The van der Waals surface area contributed by atoms with Crippen molar-refractivity contribution in [2.24, 2.45) is 5.92 Å². The molecule has 2 aromatic carbocycles. The van der Waals surface area contributed by atoms with Crippen molar-refractivity contribution in [1.82, 2.24) is 9.80 Å². The summed E-state index contributed by atoms with van der Waals surface area (Å²) in [6, 6.07) is 14.3. The van der Waals surface area contributed by atoms with Gasteiger partial charge in [-0.2, -0.15) is 0 Å². The lowest BCUT2D eigenvalue weighted by Crippen LogP contribution is -2.60. The Bertz CT molecular complexity index is 950. The molecule has 4 aliphatic rings. The zero-order valence-electron chi connectivity index (χ0n) is 16.6. The Morgan fingerprint density at radius 2 is 1.66 bits per heavy atom. The second-order valence-corrected chi connectivity index (χ2v) is 8.61. The monoisotopic (exact) mass is 392 g/mol. The molecule has 1 amide bonds. The standard InChI is InChI=1S/C24H25FN2O2/c1-15(28)18-3-2-4-19(13-18)24(29)27-14-21(16-5-7-20(25)8-6-16)23-22(27)17-9-11-26(23)12-10-17/h2-8,13,17,21-23H,9-12,14H2,1H3/t21-,22+,23+/m0/s1. The average molecular weight is 392 g/mol. The Hall–Kier alpha value is -2.53. The highest BCUT2D eigenvalue weighted by atomic mass is 19.1. The molecule has 150 valence electrons. The van der Waals surface area contributed by atoms with Crippen molar-refractivity contribution in [1.29, 1.82) is 0 Å². The number of benzene rings is 2. The summed E-state index contributed by atoms with van der Waals surface area (Å²) < 4.78 is 13.5. The lowest BCUT2D eigenvalue weighted by molar-refractivity contribution is -0.00341. The number of ketones is 1. The van der Waals surface area contributed by atoms with Crippen molar-refractivity contribution < 1.29 is 14.0 Å². The molecule has 0 N–H and O–H groups in total. The molecule has 2 bridgehead atoms. The third kappa shape index (κ3) is 3.08. The van der Waals surface area contributed by atoms with Gasteiger partial charge in [-0.25, -0.2) is 4.39 Å². The number of nitrogens with zero attached hydrogens (tertiary/aromatic N) is 2. The number of halogens is 1. The van der Waals surface area contributed by atoms with Gasteiger partial charge in [-0.15, -0.1) is 0 Å². The van der Waals surface area contributed by atoms with Crippen LogP contribution in [-0.4, -0.2) is 53.2 Å². The largest absolute Gasteiger partial charge is 0.333 e. The van der Waals surface area contributed by atoms with E-state index in [1.807, 2.05) is 17.0 Å². The SMILES string of the molecule is CC(=O)c1cccc(C(=O)N2C[C@@H](c3ccc(F)cc3)[C@@H]3[C@H]2C2CCN3CC2)c1. The Labute approximate surface area is 170 Å². The number of piperidine rings is 3. The van der Waals surface area contributed by atoms with E-state index in [4.69, 9.17) is 0 Å². The molecule has 0 unspecified atom stereocenters. The predicted octanol–water partition coefficient (Wildman–Crippen LogP) is 3.73. The summed E-state index contributed by atoms with van der Waals surface area (Å²) in [6.07, 6.45) is 2.24. The molecule has 4 fully saturated rings. The van der Waals surface area contributed by atoms with Crippen LogP contribution in [0.15, 0.2) is 48.5 Å². The molecule has 29 heavy (non-hydrogen) atoms. The molecule has 4 saturated heterocycles. The van der Waals surface area contributed by atoms with Gasteiger partial charge in [0, 0.05) is 29.6 Å². The molecule has 2 aromatic rings. The van der Waals surface area contributed by atoms with E-state index in [2.05, 4.69) is 4.90 Å². The van der Waals surface area contributed by atoms with E-state index in [-0.39, 0.29) is 35.5 Å². The zero-order chi connectivity index (χ0) is 20.1. The van der Waals surface area contributed by atoms with E-state index >= 15 is 0 Å². The van der Waals surface area contributed by atoms with E-state index in [9.17, 15) is 14.0 Å². The molecule has 5 heteroatoms. The van der Waals surface area contributed by atoms with Gasteiger partial charge in [0.05, 0.1) is 6.04 Å². The summed E-state index contributed by atoms with van der Waals surface area (Å²) in [5.74, 6) is 0.425. The lowest BCUT2D eigenvalue weighted by Gasteiger charge is -2.51. The summed E-state index contributed by atoms with van der Waals surface area (Å²) in [7, 11) is 0. The number of carbonyl (C=O) groups excluding carboxylic acids is 2. The first-order chi connectivity index (χ1) is 14.0. The highest BCUT2D eigenvalue weighted by molar-refractivity contribution is 6.00. The first-order valence-corrected chi connectivity index (χ1v) is 10.4. The number of likely N-dealkylation sites (tertiary alicyclic amines) is 1. The number of hydrogen-bond acceptors (Lipinski definition) is 3. The molecule has 6 rings (SSSR count). The third-order valence-corrected chi connectivity index (χ3v) is 7.07. The fraction of sp³-hybridized carbons (Fsp3) is 0.417. The smallest absolute Gasteiger partial charge is 0.254 e. The van der Waals surface area contributed by atoms with Crippen LogP contribution in [0.3, 0.4) is 0 Å². The molecular formula is C24H25FN2O2. The number of hydrogen-bond donors (Lipinski definition) is 0. The molecule has 0 aliphatic carbocycles. The maximum atomic E-state index is 13.5. The first-order valence-electron chi connectivity index (χ1n) is 10.4. The summed E-state index contributed by atoms with van der Waals surface area (Å²) in [4.78, 5) is 29.9. The van der Waals surface area contributed by atoms with Crippen LogP contribution in [0.1, 0.15) is 52.0 Å². The highest BCUT2D eigenvalue weighted by Gasteiger charge is 2.54. The van der Waals surface area contributed by atoms with Gasteiger partial charge >= 0.3 is 0 Å². The van der Waals surface area contributed by atoms with E-state index in [1.54, 1.807) is 24.3 Å². The van der Waals surface area contributed by atoms with Crippen LogP contribution < -0.4 is 0 Å². The van der Waals surface area contributed by atoms with Crippen LogP contribution in [-0.2, 0) is 0 Å². The molecule has 4 nitrogen and oxygen atoms in total. The summed E-state index contributed by atoms with van der Waals surface area (Å²) >= 11 is 0. The Morgan fingerprint density at radius 3 is 2.34 bits per heavy atom. The van der Waals surface area contributed by atoms with E-state index < -0.39 is 0 Å². The van der Waals surface area contributed by atoms with E-state index in [1.165, 1.54) is 19.1 Å². The van der Waals surface area contributed by atoms with Gasteiger partial charge in [0.2, 0.25) is 0 Å². The minimum atomic E-state index is -0.234. The van der Waals surface area contributed by atoms with Crippen molar-refractivity contribution in [2.75, 3.05) is 19.6 Å². The minimum absolute atomic E-state index is 0.00135. The first kappa shape index (κ1) is 18.5. The fourth-order valence-electron chi connectivity index (χ4n) is 5.69. The minimum Gasteiger partial charge on any atom is -0.333 e. The van der Waals surface area contributed by atoms with Crippen LogP contribution in [0.4, 0.5) is 4.39 Å². The molecule has 0 saturated carbocycles. The van der Waals surface area contributed by atoms with Crippen LogP contribution in [0.5, 0.6) is 0 Å². The van der Waals surface area contributed by atoms with Crippen LogP contribution in [0, 0.1) is 11.7 Å². The number of Topliss-reactive ketones (excluding diaryl/α,β-unsaturated/α-hetero) is 1. The van der Waals surface area contributed by atoms with Gasteiger partial charge in [-0.1, -0.05) is 24.3 Å². The second-order valence-electron chi connectivity index (χ2n) is 8.61. The number of fused-ring (bicyclic) bond motifs is 2. The third-order valence-electron chi connectivity index (χ3n) is 7.07. The molecule has 0 aromatic heterocycles. The van der Waals surface area contributed by atoms with Crippen LogP contribution in [0.2, 0.25) is 0 Å². The topological polar surface area (TPSA) is 40.6 Å². The van der Waals surface area contributed by atoms with Gasteiger partial charge in [0.1, 0.15) is 5.82 Å². The van der Waals surface area contributed by atoms with Crippen molar-refractivity contribution in [3.8, 4) is 0 Å². The Morgan fingerprint density at radius 1 is 0.966 bits per heavy atom. The molecule has 4 aliphatic heterocycles. The molecular weight excluding hydrogens is 367 g/mol. The Kier molecular flexibility index (Phi) is 4.50. The van der Waals surface area contributed by atoms with Gasteiger partial charge < -0.3 is 4.90 Å². The maximum absolute atomic E-state index is 13.5. The normalized spacial score (nSPS) is 30.3. The predicted molar refractivity (Wildman–Crippen MR) is 108 cm³/mol. The summed E-state index contributed by atoms with van der Waals surface area (Å²) in [6.45, 7) is 4.31. The van der Waals surface area contributed by atoms with E-state index in [0.717, 1.165) is 31.5 Å². The summed E-state index contributed by atoms with van der Waals surface area (Å²) in [5, 5.41) is 0. The number of carbonyl (C=O) groups is 2. The number of amides is 1. The van der Waals surface area contributed by atoms with Crippen molar-refractivity contribution >= 4 is 11.7 Å². The quantitative estimate of drug-likeness (QED) is 0.748. The molecule has 4 heterocycles. The zero-order valence-corrected chi connectivity index (χ0v) is 16.6. The maximum Gasteiger partial charge on any atom is 0.254 e. The van der Waals surface area contributed by atoms with Crippen molar-refractivity contribution in [3.63, 3.8) is 0 Å². The second kappa shape index (κ2) is 7.06. The van der Waals surface area contributed by atoms with Gasteiger partial charge in [0.15, 0.2) is 5.78 Å². The lowest BCUT2D eigenvalue weighted by atomic mass is 9.75. The van der Waals surface area contributed by atoms with Gasteiger partial charge in [0.25, 0.3) is 5.91 Å². The summed E-state index contributed by atoms with van der Waals surface area (Å²) in [5.41, 5.74) is 2.24. The average Bonchev–Trinajstić information content (AvgIpc) is 3.17. The molecule has 3 atom stereocenters.